The molecule has 88 valence electrons. The highest BCUT2D eigenvalue weighted by molar-refractivity contribution is 5.71. The molecule has 0 radical (unpaired) electrons. The van der Waals surface area contributed by atoms with Gasteiger partial charge in [-0.25, -0.2) is 0 Å². The molecule has 2 aromatic rings. The van der Waals surface area contributed by atoms with Crippen molar-refractivity contribution in [3.63, 3.8) is 0 Å². The van der Waals surface area contributed by atoms with Crippen LogP contribution in [0.4, 0.5) is 0 Å². The first-order valence-electron chi connectivity index (χ1n) is 5.22. The average molecular weight is 231 g/mol. The average Bonchev–Trinajstić information content (AvgIpc) is 2.58. The first-order valence-corrected chi connectivity index (χ1v) is 5.22. The maximum Gasteiger partial charge on any atom is 0.307 e. The third-order valence-electron chi connectivity index (χ3n) is 2.55. The van der Waals surface area contributed by atoms with Gasteiger partial charge in [0.05, 0.1) is 18.3 Å². The first kappa shape index (κ1) is 11.3. The predicted octanol–water partition coefficient (Wildman–Crippen LogP) is 1.42. The summed E-state index contributed by atoms with van der Waals surface area (Å²) in [7, 11) is 1.85. The van der Waals surface area contributed by atoms with E-state index in [9.17, 15) is 4.79 Å². The van der Waals surface area contributed by atoms with Gasteiger partial charge in [0.2, 0.25) is 0 Å². The van der Waals surface area contributed by atoms with Crippen LogP contribution in [0.25, 0.3) is 11.3 Å². The van der Waals surface area contributed by atoms with Gasteiger partial charge in [-0.3, -0.25) is 14.5 Å². The molecule has 0 spiro atoms. The molecule has 0 saturated heterocycles. The van der Waals surface area contributed by atoms with Crippen LogP contribution in [0.5, 0.6) is 0 Å². The Morgan fingerprint density at radius 1 is 1.41 bits per heavy atom. The Hall–Kier alpha value is -2.17. The standard InChI is InChI=1S/C12H13N3O2/c1-8-5-14-15(2)12(8)10-3-9(4-11(16)17)6-13-7-10/h3,5-7H,4H2,1-2H3,(H,16,17). The molecule has 0 aromatic carbocycles. The van der Waals surface area contributed by atoms with Crippen LogP contribution in [0.1, 0.15) is 11.1 Å². The van der Waals surface area contributed by atoms with E-state index in [1.165, 1.54) is 0 Å². The second kappa shape index (κ2) is 4.37. The molecule has 0 saturated carbocycles. The second-order valence-corrected chi connectivity index (χ2v) is 3.95. The van der Waals surface area contributed by atoms with E-state index in [-0.39, 0.29) is 6.42 Å². The number of pyridine rings is 1. The number of hydrogen-bond acceptors (Lipinski definition) is 3. The van der Waals surface area contributed by atoms with Crippen molar-refractivity contribution in [2.45, 2.75) is 13.3 Å². The molecule has 0 fully saturated rings. The van der Waals surface area contributed by atoms with Gasteiger partial charge in [-0.2, -0.15) is 5.10 Å². The van der Waals surface area contributed by atoms with Crippen LogP contribution >= 0.6 is 0 Å². The van der Waals surface area contributed by atoms with Gasteiger partial charge in [0.15, 0.2) is 0 Å². The highest BCUT2D eigenvalue weighted by atomic mass is 16.4. The van der Waals surface area contributed by atoms with Crippen molar-refractivity contribution >= 4 is 5.97 Å². The number of carboxylic acid groups (broad SMARTS) is 1. The van der Waals surface area contributed by atoms with E-state index in [0.29, 0.717) is 5.56 Å². The number of aryl methyl sites for hydroxylation is 2. The van der Waals surface area contributed by atoms with Crippen molar-refractivity contribution in [2.24, 2.45) is 7.05 Å². The molecule has 2 rings (SSSR count). The van der Waals surface area contributed by atoms with E-state index >= 15 is 0 Å². The molecular formula is C12H13N3O2. The second-order valence-electron chi connectivity index (χ2n) is 3.95. The van der Waals surface area contributed by atoms with Crippen LogP contribution in [0.2, 0.25) is 0 Å². The summed E-state index contributed by atoms with van der Waals surface area (Å²) in [5.74, 6) is -0.856. The third-order valence-corrected chi connectivity index (χ3v) is 2.55. The van der Waals surface area contributed by atoms with E-state index in [0.717, 1.165) is 16.8 Å². The van der Waals surface area contributed by atoms with E-state index in [1.807, 2.05) is 20.0 Å². The molecule has 17 heavy (non-hydrogen) atoms. The largest absolute Gasteiger partial charge is 0.481 e. The zero-order valence-corrected chi connectivity index (χ0v) is 9.71. The summed E-state index contributed by atoms with van der Waals surface area (Å²) in [6.45, 7) is 1.96. The summed E-state index contributed by atoms with van der Waals surface area (Å²) in [6, 6.07) is 1.84. The minimum Gasteiger partial charge on any atom is -0.481 e. The SMILES string of the molecule is Cc1cnn(C)c1-c1cncc(CC(=O)O)c1. The number of nitrogens with zero attached hydrogens (tertiary/aromatic N) is 3. The lowest BCUT2D eigenvalue weighted by molar-refractivity contribution is -0.136. The normalized spacial score (nSPS) is 10.5. The molecule has 5 nitrogen and oxygen atoms in total. The summed E-state index contributed by atoms with van der Waals surface area (Å²) in [5, 5.41) is 12.9. The minimum atomic E-state index is -0.856. The Morgan fingerprint density at radius 3 is 2.76 bits per heavy atom. The smallest absolute Gasteiger partial charge is 0.307 e. The predicted molar refractivity (Wildman–Crippen MR) is 62.5 cm³/mol. The van der Waals surface area contributed by atoms with Crippen LogP contribution < -0.4 is 0 Å². The van der Waals surface area contributed by atoms with Gasteiger partial charge in [-0.1, -0.05) is 0 Å². The lowest BCUT2D eigenvalue weighted by Crippen LogP contribution is -2.01. The number of aliphatic carboxylic acids is 1. The Morgan fingerprint density at radius 2 is 2.18 bits per heavy atom. The Labute approximate surface area is 98.7 Å². The molecule has 0 aliphatic heterocycles. The molecule has 1 N–H and O–H groups in total. The lowest BCUT2D eigenvalue weighted by atomic mass is 10.1. The first-order chi connectivity index (χ1) is 8.08. The van der Waals surface area contributed by atoms with Crippen LogP contribution in [0, 0.1) is 6.92 Å². The maximum absolute atomic E-state index is 10.7. The van der Waals surface area contributed by atoms with E-state index in [1.54, 1.807) is 23.3 Å². The van der Waals surface area contributed by atoms with Crippen molar-refractivity contribution in [3.05, 3.63) is 35.8 Å². The lowest BCUT2D eigenvalue weighted by Gasteiger charge is -2.05. The molecule has 5 heteroatoms. The van der Waals surface area contributed by atoms with Crippen molar-refractivity contribution in [2.75, 3.05) is 0 Å². The van der Waals surface area contributed by atoms with Gasteiger partial charge in [0, 0.05) is 25.0 Å². The van der Waals surface area contributed by atoms with Crippen LogP contribution in [0.3, 0.4) is 0 Å². The number of aromatic nitrogens is 3. The molecular weight excluding hydrogens is 218 g/mol. The molecule has 2 heterocycles. The van der Waals surface area contributed by atoms with Crippen molar-refractivity contribution in [1.82, 2.24) is 14.8 Å². The van der Waals surface area contributed by atoms with Crippen LogP contribution in [-0.4, -0.2) is 25.8 Å². The van der Waals surface area contributed by atoms with Crippen molar-refractivity contribution < 1.29 is 9.90 Å². The summed E-state index contributed by atoms with van der Waals surface area (Å²) in [6.07, 6.45) is 5.05. The van der Waals surface area contributed by atoms with Gasteiger partial charge in [0.1, 0.15) is 0 Å². The fourth-order valence-corrected chi connectivity index (χ4v) is 1.85. The highest BCUT2D eigenvalue weighted by Crippen LogP contribution is 2.22. The molecule has 0 atom stereocenters. The Bertz CT molecular complexity index is 541. The van der Waals surface area contributed by atoms with Crippen LogP contribution in [0.15, 0.2) is 24.7 Å². The quantitative estimate of drug-likeness (QED) is 0.867. The number of carbonyl (C=O) groups is 1. The fraction of sp³-hybridized carbons (Fsp3) is 0.250. The van der Waals surface area contributed by atoms with Crippen molar-refractivity contribution in [3.8, 4) is 11.3 Å². The molecule has 0 aliphatic rings. The number of carboxylic acids is 1. The topological polar surface area (TPSA) is 68.0 Å². The van der Waals surface area contributed by atoms with Crippen molar-refractivity contribution in [1.29, 1.82) is 0 Å². The summed E-state index contributed by atoms with van der Waals surface area (Å²) >= 11 is 0. The molecule has 0 bridgehead atoms. The summed E-state index contributed by atoms with van der Waals surface area (Å²) in [5.41, 5.74) is 3.59. The number of hydrogen-bond donors (Lipinski definition) is 1. The van der Waals surface area contributed by atoms with E-state index in [4.69, 9.17) is 5.11 Å². The summed E-state index contributed by atoms with van der Waals surface area (Å²) in [4.78, 5) is 14.7. The third kappa shape index (κ3) is 2.33. The van der Waals surface area contributed by atoms with Gasteiger partial charge < -0.3 is 5.11 Å². The maximum atomic E-state index is 10.7. The fourth-order valence-electron chi connectivity index (χ4n) is 1.85. The Kier molecular flexibility index (Phi) is 2.91. The van der Waals surface area contributed by atoms with E-state index in [2.05, 4.69) is 10.1 Å². The highest BCUT2D eigenvalue weighted by Gasteiger charge is 2.09. The van der Waals surface area contributed by atoms with Gasteiger partial charge in [0.25, 0.3) is 0 Å². The zero-order valence-electron chi connectivity index (χ0n) is 9.71. The monoisotopic (exact) mass is 231 g/mol. The molecule has 0 amide bonds. The zero-order chi connectivity index (χ0) is 12.4. The minimum absolute atomic E-state index is 0.0161. The molecule has 0 aliphatic carbocycles. The van der Waals surface area contributed by atoms with Gasteiger partial charge >= 0.3 is 5.97 Å². The molecule has 2 aromatic heterocycles. The Balaban J connectivity index is 2.43. The molecule has 0 unspecified atom stereocenters. The van der Waals surface area contributed by atoms with Gasteiger partial charge in [-0.05, 0) is 24.1 Å². The summed E-state index contributed by atoms with van der Waals surface area (Å²) < 4.78 is 1.76. The van der Waals surface area contributed by atoms with Gasteiger partial charge in [-0.15, -0.1) is 0 Å². The van der Waals surface area contributed by atoms with Crippen LogP contribution in [-0.2, 0) is 18.3 Å². The van der Waals surface area contributed by atoms with E-state index < -0.39 is 5.97 Å². The number of rotatable bonds is 3.